The summed E-state index contributed by atoms with van der Waals surface area (Å²) in [6.45, 7) is 4.16. The Hall–Kier alpha value is -4.19. The van der Waals surface area contributed by atoms with Crippen molar-refractivity contribution in [3.8, 4) is 5.69 Å². The van der Waals surface area contributed by atoms with E-state index in [1.807, 2.05) is 103 Å². The highest BCUT2D eigenvalue weighted by Crippen LogP contribution is 2.23. The van der Waals surface area contributed by atoms with Gasteiger partial charge in [-0.25, -0.2) is 14.3 Å². The third kappa shape index (κ3) is 3.59. The molecule has 0 aliphatic carbocycles. The Morgan fingerprint density at radius 2 is 1.48 bits per heavy atom. The van der Waals surface area contributed by atoms with Crippen LogP contribution in [0.3, 0.4) is 0 Å². The van der Waals surface area contributed by atoms with Crippen LogP contribution >= 0.6 is 0 Å². The van der Waals surface area contributed by atoms with Crippen molar-refractivity contribution in [1.29, 1.82) is 0 Å². The van der Waals surface area contributed by atoms with Crippen molar-refractivity contribution in [1.82, 2.24) is 18.7 Å². The molecule has 0 saturated carbocycles. The number of aryl methyl sites for hydroxylation is 1. The van der Waals surface area contributed by atoms with Gasteiger partial charge in [0.15, 0.2) is 11.2 Å². The Balaban J connectivity index is 1.82. The molecule has 0 N–H and O–H groups in total. The van der Waals surface area contributed by atoms with Crippen LogP contribution in [-0.2, 0) is 6.54 Å². The number of imidazole rings is 1. The average molecular weight is 437 g/mol. The summed E-state index contributed by atoms with van der Waals surface area (Å²) in [5.74, 6) is 0. The topological polar surface area (TPSA) is 61.8 Å². The van der Waals surface area contributed by atoms with E-state index in [-0.39, 0.29) is 18.1 Å². The summed E-state index contributed by atoms with van der Waals surface area (Å²) in [4.78, 5) is 32.0. The van der Waals surface area contributed by atoms with E-state index < -0.39 is 5.69 Å². The van der Waals surface area contributed by atoms with E-state index in [4.69, 9.17) is 0 Å². The van der Waals surface area contributed by atoms with Gasteiger partial charge in [0.05, 0.1) is 24.6 Å². The fourth-order valence-electron chi connectivity index (χ4n) is 4.27. The van der Waals surface area contributed by atoms with Gasteiger partial charge >= 0.3 is 5.69 Å². The number of nitrogens with zero attached hydrogens (tertiary/aromatic N) is 4. The number of aromatic nitrogens is 4. The Kier molecular flexibility index (Phi) is 5.26. The van der Waals surface area contributed by atoms with Crippen LogP contribution in [0.1, 0.15) is 29.7 Å². The van der Waals surface area contributed by atoms with Crippen LogP contribution in [0.5, 0.6) is 0 Å². The van der Waals surface area contributed by atoms with Gasteiger partial charge in [-0.1, -0.05) is 78.9 Å². The molecular weight excluding hydrogens is 412 g/mol. The van der Waals surface area contributed by atoms with Crippen molar-refractivity contribution >= 4 is 11.2 Å². The lowest BCUT2D eigenvalue weighted by Gasteiger charge is -2.17. The first-order valence-electron chi connectivity index (χ1n) is 10.9. The van der Waals surface area contributed by atoms with Crippen LogP contribution in [-0.4, -0.2) is 18.7 Å². The first-order chi connectivity index (χ1) is 16.1. The minimum Gasteiger partial charge on any atom is -0.317 e. The summed E-state index contributed by atoms with van der Waals surface area (Å²) in [6, 6.07) is 27.0. The zero-order chi connectivity index (χ0) is 22.9. The molecule has 0 spiro atoms. The van der Waals surface area contributed by atoms with Gasteiger partial charge in [0.25, 0.3) is 5.56 Å². The maximum absolute atomic E-state index is 13.7. The molecule has 0 aliphatic heterocycles. The highest BCUT2D eigenvalue weighted by Gasteiger charge is 2.22. The lowest BCUT2D eigenvalue weighted by Crippen LogP contribution is -2.40. The normalized spacial score (nSPS) is 12.2. The molecule has 33 heavy (non-hydrogen) atoms. The minimum absolute atomic E-state index is 0.128. The second-order valence-electron chi connectivity index (χ2n) is 8.19. The van der Waals surface area contributed by atoms with Crippen LogP contribution in [0.25, 0.3) is 16.9 Å². The van der Waals surface area contributed by atoms with E-state index in [1.165, 1.54) is 4.57 Å². The van der Waals surface area contributed by atoms with Crippen LogP contribution in [0, 0.1) is 6.92 Å². The predicted molar refractivity (Wildman–Crippen MR) is 130 cm³/mol. The quantitative estimate of drug-likeness (QED) is 0.412. The van der Waals surface area contributed by atoms with Gasteiger partial charge in [0, 0.05) is 0 Å². The Morgan fingerprint density at radius 3 is 2.18 bits per heavy atom. The third-order valence-corrected chi connectivity index (χ3v) is 6.10. The van der Waals surface area contributed by atoms with Crippen molar-refractivity contribution in [3.05, 3.63) is 129 Å². The van der Waals surface area contributed by atoms with Crippen LogP contribution < -0.4 is 11.2 Å². The molecule has 0 bridgehead atoms. The fraction of sp³-hybridized carbons (Fsp3) is 0.148. The lowest BCUT2D eigenvalue weighted by atomic mass is 10.1. The van der Waals surface area contributed by atoms with E-state index in [0.717, 1.165) is 16.7 Å². The van der Waals surface area contributed by atoms with Crippen molar-refractivity contribution in [2.75, 3.05) is 0 Å². The van der Waals surface area contributed by atoms with Crippen LogP contribution in [0.2, 0.25) is 0 Å². The van der Waals surface area contributed by atoms with E-state index in [9.17, 15) is 9.59 Å². The molecule has 0 saturated heterocycles. The molecule has 1 atom stereocenters. The Bertz CT molecular complexity index is 1550. The summed E-state index contributed by atoms with van der Waals surface area (Å²) >= 11 is 0. The highest BCUT2D eigenvalue weighted by molar-refractivity contribution is 5.73. The van der Waals surface area contributed by atoms with Gasteiger partial charge in [-0.15, -0.1) is 0 Å². The summed E-state index contributed by atoms with van der Waals surface area (Å²) in [6.07, 6.45) is 1.66. The molecule has 0 amide bonds. The number of para-hydroxylation sites is 1. The standard InChI is InChI=1S/C27H24N4O2/c1-19-11-9-10-16-23(19)31-25-24(30(18-28-25)20(2)22-14-7-4-8-15-22)26(32)29(27(31)33)17-21-12-5-3-6-13-21/h3-16,18,20H,17H2,1-2H3/t20-/m1/s1. The van der Waals surface area contributed by atoms with E-state index in [0.29, 0.717) is 16.9 Å². The lowest BCUT2D eigenvalue weighted by molar-refractivity contribution is 0.639. The first kappa shape index (κ1) is 20.7. The predicted octanol–water partition coefficient (Wildman–Crippen LogP) is 4.31. The van der Waals surface area contributed by atoms with Gasteiger partial charge in [-0.3, -0.25) is 9.36 Å². The van der Waals surface area contributed by atoms with Gasteiger partial charge in [0.2, 0.25) is 0 Å². The number of hydrogen-bond acceptors (Lipinski definition) is 3. The van der Waals surface area contributed by atoms with E-state index in [1.54, 1.807) is 10.9 Å². The van der Waals surface area contributed by atoms with Gasteiger partial charge < -0.3 is 4.57 Å². The van der Waals surface area contributed by atoms with Crippen LogP contribution in [0.15, 0.2) is 101 Å². The number of fused-ring (bicyclic) bond motifs is 1. The Labute approximate surface area is 191 Å². The zero-order valence-corrected chi connectivity index (χ0v) is 18.6. The molecule has 0 radical (unpaired) electrons. The zero-order valence-electron chi connectivity index (χ0n) is 18.6. The van der Waals surface area contributed by atoms with Gasteiger partial charge in [-0.05, 0) is 36.6 Å². The van der Waals surface area contributed by atoms with E-state index >= 15 is 0 Å². The number of benzene rings is 3. The van der Waals surface area contributed by atoms with Crippen LogP contribution in [0.4, 0.5) is 0 Å². The largest absolute Gasteiger partial charge is 0.337 e. The molecule has 6 nitrogen and oxygen atoms in total. The molecular formula is C27H24N4O2. The second kappa shape index (κ2) is 8.39. The molecule has 5 rings (SSSR count). The number of hydrogen-bond donors (Lipinski definition) is 0. The molecule has 2 heterocycles. The van der Waals surface area contributed by atoms with Crippen molar-refractivity contribution in [2.24, 2.45) is 0 Å². The molecule has 6 heteroatoms. The van der Waals surface area contributed by atoms with Crippen molar-refractivity contribution < 1.29 is 0 Å². The monoisotopic (exact) mass is 436 g/mol. The Morgan fingerprint density at radius 1 is 0.848 bits per heavy atom. The maximum Gasteiger partial charge on any atom is 0.337 e. The highest BCUT2D eigenvalue weighted by atomic mass is 16.2. The van der Waals surface area contributed by atoms with Gasteiger partial charge in [-0.2, -0.15) is 0 Å². The van der Waals surface area contributed by atoms with Gasteiger partial charge in [0.1, 0.15) is 0 Å². The number of rotatable bonds is 5. The SMILES string of the molecule is Cc1ccccc1-n1c(=O)n(Cc2ccccc2)c(=O)c2c1ncn2[C@H](C)c1ccccc1. The summed E-state index contributed by atoms with van der Waals surface area (Å²) in [7, 11) is 0. The fourth-order valence-corrected chi connectivity index (χ4v) is 4.27. The summed E-state index contributed by atoms with van der Waals surface area (Å²) in [5, 5.41) is 0. The molecule has 2 aromatic heterocycles. The smallest absolute Gasteiger partial charge is 0.317 e. The summed E-state index contributed by atoms with van der Waals surface area (Å²) in [5.41, 5.74) is 3.61. The minimum atomic E-state index is -0.400. The van der Waals surface area contributed by atoms with Crippen molar-refractivity contribution in [3.63, 3.8) is 0 Å². The maximum atomic E-state index is 13.7. The average Bonchev–Trinajstić information content (AvgIpc) is 3.29. The molecule has 0 fully saturated rings. The van der Waals surface area contributed by atoms with E-state index in [2.05, 4.69) is 4.98 Å². The molecule has 164 valence electrons. The molecule has 0 unspecified atom stereocenters. The molecule has 3 aromatic carbocycles. The third-order valence-electron chi connectivity index (χ3n) is 6.10. The molecule has 5 aromatic rings. The first-order valence-corrected chi connectivity index (χ1v) is 10.9. The summed E-state index contributed by atoms with van der Waals surface area (Å²) < 4.78 is 4.73. The molecule has 0 aliphatic rings. The van der Waals surface area contributed by atoms with Crippen molar-refractivity contribution in [2.45, 2.75) is 26.4 Å². The second-order valence-corrected chi connectivity index (χ2v) is 8.19.